The molecular formula is C20H17BrN2O. The minimum absolute atomic E-state index is 0.250. The van der Waals surface area contributed by atoms with Gasteiger partial charge in [-0.15, -0.1) is 0 Å². The van der Waals surface area contributed by atoms with Gasteiger partial charge in [0.25, 0.3) is 0 Å². The molecule has 1 N–H and O–H groups in total. The van der Waals surface area contributed by atoms with E-state index in [1.165, 1.54) is 5.56 Å². The molecule has 120 valence electrons. The molecule has 3 nitrogen and oxygen atoms in total. The van der Waals surface area contributed by atoms with Gasteiger partial charge in [-0.1, -0.05) is 65.3 Å². The maximum Gasteiger partial charge on any atom is 0.242 e. The molecule has 0 aromatic heterocycles. The lowest BCUT2D eigenvalue weighted by molar-refractivity contribution is -0.122. The summed E-state index contributed by atoms with van der Waals surface area (Å²) in [5.41, 5.74) is 3.92. The number of aryl methyl sites for hydroxylation is 1. The highest BCUT2D eigenvalue weighted by Crippen LogP contribution is 2.34. The maximum absolute atomic E-state index is 12.4. The van der Waals surface area contributed by atoms with Crippen LogP contribution in [0.15, 0.2) is 59.1 Å². The van der Waals surface area contributed by atoms with E-state index in [1.54, 1.807) is 0 Å². The van der Waals surface area contributed by atoms with Crippen molar-refractivity contribution in [2.45, 2.75) is 19.3 Å². The Labute approximate surface area is 150 Å². The summed E-state index contributed by atoms with van der Waals surface area (Å²) in [6.45, 7) is 2.11. The van der Waals surface area contributed by atoms with Crippen molar-refractivity contribution in [2.75, 3.05) is 0 Å². The van der Waals surface area contributed by atoms with E-state index in [1.807, 2.05) is 42.5 Å². The zero-order chi connectivity index (χ0) is 17.1. The first-order valence-electron chi connectivity index (χ1n) is 7.89. The van der Waals surface area contributed by atoms with Gasteiger partial charge in [-0.25, -0.2) is 0 Å². The monoisotopic (exact) mass is 380 g/mol. The third kappa shape index (κ3) is 3.27. The number of halogens is 1. The zero-order valence-electron chi connectivity index (χ0n) is 13.3. The molecule has 0 radical (unpaired) electrons. The number of rotatable bonds is 3. The summed E-state index contributed by atoms with van der Waals surface area (Å²) in [5.74, 6) is -1.24. The molecule has 2 atom stereocenters. The van der Waals surface area contributed by atoms with Gasteiger partial charge in [-0.2, -0.15) is 5.26 Å². The SMILES string of the molecule is CCc1ccc(C2=C[C@@H](c3cccc(Br)c3)[C@@H](C#N)C(=O)N2)cc1. The second-order valence-corrected chi connectivity index (χ2v) is 6.72. The molecule has 2 aromatic carbocycles. The number of benzene rings is 2. The fourth-order valence-electron chi connectivity index (χ4n) is 2.92. The van der Waals surface area contributed by atoms with Gasteiger partial charge < -0.3 is 5.32 Å². The standard InChI is InChI=1S/C20H17BrN2O/c1-2-13-6-8-14(9-7-13)19-11-17(18(12-22)20(24)23-19)15-4-3-5-16(21)10-15/h3-11,17-18H,2H2,1H3,(H,23,24)/t17-,18+/m0/s1. The predicted octanol–water partition coefficient (Wildman–Crippen LogP) is 4.41. The highest BCUT2D eigenvalue weighted by molar-refractivity contribution is 9.10. The molecule has 3 rings (SSSR count). The van der Waals surface area contributed by atoms with E-state index in [0.29, 0.717) is 0 Å². The van der Waals surface area contributed by atoms with Crippen molar-refractivity contribution in [3.63, 3.8) is 0 Å². The van der Waals surface area contributed by atoms with Crippen LogP contribution in [0.1, 0.15) is 29.5 Å². The lowest BCUT2D eigenvalue weighted by Gasteiger charge is -2.26. The minimum atomic E-state index is -0.724. The summed E-state index contributed by atoms with van der Waals surface area (Å²) in [6.07, 6.45) is 2.96. The predicted molar refractivity (Wildman–Crippen MR) is 97.9 cm³/mol. The summed E-state index contributed by atoms with van der Waals surface area (Å²) in [5, 5.41) is 12.3. The molecule has 0 aliphatic carbocycles. The second kappa shape index (κ2) is 7.02. The Kier molecular flexibility index (Phi) is 4.82. The van der Waals surface area contributed by atoms with Crippen molar-refractivity contribution in [3.05, 3.63) is 75.8 Å². The van der Waals surface area contributed by atoms with E-state index in [9.17, 15) is 10.1 Å². The molecule has 0 unspecified atom stereocenters. The van der Waals surface area contributed by atoms with Gasteiger partial charge in [0.1, 0.15) is 5.92 Å². The van der Waals surface area contributed by atoms with Crippen molar-refractivity contribution < 1.29 is 4.79 Å². The third-order valence-electron chi connectivity index (χ3n) is 4.29. The largest absolute Gasteiger partial charge is 0.325 e. The van der Waals surface area contributed by atoms with Crippen LogP contribution < -0.4 is 5.32 Å². The van der Waals surface area contributed by atoms with E-state index in [0.717, 1.165) is 27.7 Å². The maximum atomic E-state index is 12.4. The molecule has 0 spiro atoms. The van der Waals surface area contributed by atoms with Crippen LogP contribution in [0.5, 0.6) is 0 Å². The van der Waals surface area contributed by atoms with Gasteiger partial charge in [-0.05, 0) is 35.2 Å². The second-order valence-electron chi connectivity index (χ2n) is 5.81. The van der Waals surface area contributed by atoms with Crippen LogP contribution >= 0.6 is 15.9 Å². The van der Waals surface area contributed by atoms with Crippen LogP contribution in [0.2, 0.25) is 0 Å². The summed E-state index contributed by atoms with van der Waals surface area (Å²) in [7, 11) is 0. The Morgan fingerprint density at radius 2 is 1.96 bits per heavy atom. The fourth-order valence-corrected chi connectivity index (χ4v) is 3.34. The van der Waals surface area contributed by atoms with E-state index < -0.39 is 5.92 Å². The number of nitrogens with zero attached hydrogens (tertiary/aromatic N) is 1. The number of hydrogen-bond donors (Lipinski definition) is 1. The van der Waals surface area contributed by atoms with Gasteiger partial charge >= 0.3 is 0 Å². The van der Waals surface area contributed by atoms with Crippen LogP contribution in [0, 0.1) is 17.2 Å². The van der Waals surface area contributed by atoms with Crippen molar-refractivity contribution in [1.29, 1.82) is 5.26 Å². The Morgan fingerprint density at radius 3 is 2.58 bits per heavy atom. The lowest BCUT2D eigenvalue weighted by atomic mass is 9.82. The quantitative estimate of drug-likeness (QED) is 0.857. The summed E-state index contributed by atoms with van der Waals surface area (Å²) in [4.78, 5) is 12.4. The number of hydrogen-bond acceptors (Lipinski definition) is 2. The van der Waals surface area contributed by atoms with Crippen molar-refractivity contribution in [3.8, 4) is 6.07 Å². The molecule has 24 heavy (non-hydrogen) atoms. The Balaban J connectivity index is 2.03. The normalized spacial score (nSPS) is 20.0. The smallest absolute Gasteiger partial charge is 0.242 e. The van der Waals surface area contributed by atoms with Crippen molar-refractivity contribution >= 4 is 27.5 Å². The number of carbonyl (C=O) groups excluding carboxylic acids is 1. The Morgan fingerprint density at radius 1 is 1.21 bits per heavy atom. The number of amides is 1. The topological polar surface area (TPSA) is 52.9 Å². The van der Waals surface area contributed by atoms with Gasteiger partial charge in [0.05, 0.1) is 6.07 Å². The molecule has 0 bridgehead atoms. The lowest BCUT2D eigenvalue weighted by Crippen LogP contribution is -2.36. The number of nitriles is 1. The molecule has 1 heterocycles. The summed E-state index contributed by atoms with van der Waals surface area (Å²) >= 11 is 3.46. The van der Waals surface area contributed by atoms with Gasteiger partial charge in [-0.3, -0.25) is 4.79 Å². The Bertz CT molecular complexity index is 833. The first-order chi connectivity index (χ1) is 11.6. The number of carbonyl (C=O) groups is 1. The van der Waals surface area contributed by atoms with E-state index in [-0.39, 0.29) is 11.8 Å². The molecular weight excluding hydrogens is 364 g/mol. The zero-order valence-corrected chi connectivity index (χ0v) is 14.9. The molecule has 1 amide bonds. The molecule has 2 aromatic rings. The van der Waals surface area contributed by atoms with Crippen molar-refractivity contribution in [2.24, 2.45) is 5.92 Å². The highest BCUT2D eigenvalue weighted by atomic mass is 79.9. The molecule has 0 saturated heterocycles. The van der Waals surface area contributed by atoms with Gasteiger partial charge in [0, 0.05) is 16.1 Å². The van der Waals surface area contributed by atoms with Gasteiger partial charge in [0.2, 0.25) is 5.91 Å². The van der Waals surface area contributed by atoms with E-state index in [4.69, 9.17) is 0 Å². The third-order valence-corrected chi connectivity index (χ3v) is 4.78. The number of nitrogens with one attached hydrogen (secondary N) is 1. The molecule has 1 aliphatic heterocycles. The average molecular weight is 381 g/mol. The summed E-state index contributed by atoms with van der Waals surface area (Å²) in [6, 6.07) is 18.0. The molecule has 4 heteroatoms. The van der Waals surface area contributed by atoms with E-state index >= 15 is 0 Å². The fraction of sp³-hybridized carbons (Fsp3) is 0.200. The van der Waals surface area contributed by atoms with Crippen LogP contribution in [-0.2, 0) is 11.2 Å². The van der Waals surface area contributed by atoms with Crippen LogP contribution in [-0.4, -0.2) is 5.91 Å². The Hall–Kier alpha value is -2.38. The first kappa shape index (κ1) is 16.5. The first-order valence-corrected chi connectivity index (χ1v) is 8.68. The van der Waals surface area contributed by atoms with Crippen LogP contribution in [0.3, 0.4) is 0 Å². The molecule has 1 aliphatic rings. The average Bonchev–Trinajstić information content (AvgIpc) is 2.61. The number of allylic oxidation sites excluding steroid dienone is 1. The minimum Gasteiger partial charge on any atom is -0.325 e. The van der Waals surface area contributed by atoms with Gasteiger partial charge in [0.15, 0.2) is 0 Å². The molecule has 0 fully saturated rings. The van der Waals surface area contributed by atoms with E-state index in [2.05, 4.69) is 46.4 Å². The summed E-state index contributed by atoms with van der Waals surface area (Å²) < 4.78 is 0.935. The van der Waals surface area contributed by atoms with Crippen molar-refractivity contribution in [1.82, 2.24) is 5.32 Å². The molecule has 0 saturated carbocycles. The van der Waals surface area contributed by atoms with Crippen LogP contribution in [0.4, 0.5) is 0 Å². The van der Waals surface area contributed by atoms with Crippen LogP contribution in [0.25, 0.3) is 5.70 Å². The highest BCUT2D eigenvalue weighted by Gasteiger charge is 2.33.